The number of amides is 2. The van der Waals surface area contributed by atoms with E-state index < -0.39 is 0 Å². The Balaban J connectivity index is 1.68. The van der Waals surface area contributed by atoms with Gasteiger partial charge in [0.05, 0.1) is 12.2 Å². The van der Waals surface area contributed by atoms with Crippen molar-refractivity contribution in [2.75, 3.05) is 11.9 Å². The summed E-state index contributed by atoms with van der Waals surface area (Å²) in [5.74, 6) is 0.778. The summed E-state index contributed by atoms with van der Waals surface area (Å²) in [5.41, 5.74) is 2.76. The van der Waals surface area contributed by atoms with E-state index in [0.29, 0.717) is 18.1 Å². The van der Waals surface area contributed by atoms with Crippen molar-refractivity contribution in [2.24, 2.45) is 0 Å². The monoisotopic (exact) mass is 291 g/mol. The highest BCUT2D eigenvalue weighted by molar-refractivity contribution is 6.30. The van der Waals surface area contributed by atoms with E-state index >= 15 is 0 Å². The van der Waals surface area contributed by atoms with Gasteiger partial charge >= 0.3 is 6.03 Å². The van der Waals surface area contributed by atoms with Crippen LogP contribution >= 0.6 is 11.6 Å². The van der Waals surface area contributed by atoms with Gasteiger partial charge in [-0.25, -0.2) is 4.79 Å². The van der Waals surface area contributed by atoms with Gasteiger partial charge in [0.25, 0.3) is 0 Å². The standard InChI is InChI=1S/C14H14ClN3O2/c1-9-12-6-7-18(8-13(12)20-17-9)14(19)16-11-4-2-10(15)3-5-11/h2-5H,6-8H2,1H3,(H,16,19). The fourth-order valence-electron chi connectivity index (χ4n) is 2.29. The minimum Gasteiger partial charge on any atom is -0.359 e. The number of benzene rings is 1. The highest BCUT2D eigenvalue weighted by atomic mass is 35.5. The maximum Gasteiger partial charge on any atom is 0.322 e. The molecule has 1 aromatic carbocycles. The second kappa shape index (κ2) is 5.17. The molecule has 0 spiro atoms. The molecule has 2 amide bonds. The van der Waals surface area contributed by atoms with Crippen LogP contribution in [-0.4, -0.2) is 22.6 Å². The SMILES string of the molecule is Cc1noc2c1CCN(C(=O)Nc1ccc(Cl)cc1)C2. The van der Waals surface area contributed by atoms with Gasteiger partial charge in [0.2, 0.25) is 0 Å². The van der Waals surface area contributed by atoms with Crippen LogP contribution in [0.25, 0.3) is 0 Å². The fourth-order valence-corrected chi connectivity index (χ4v) is 2.41. The van der Waals surface area contributed by atoms with Crippen molar-refractivity contribution < 1.29 is 9.32 Å². The van der Waals surface area contributed by atoms with Crippen molar-refractivity contribution in [1.29, 1.82) is 0 Å². The van der Waals surface area contributed by atoms with Crippen molar-refractivity contribution in [1.82, 2.24) is 10.1 Å². The summed E-state index contributed by atoms with van der Waals surface area (Å²) in [7, 11) is 0. The molecule has 0 saturated heterocycles. The van der Waals surface area contributed by atoms with Crippen LogP contribution in [0.3, 0.4) is 0 Å². The van der Waals surface area contributed by atoms with Gasteiger partial charge in [-0.3, -0.25) is 0 Å². The number of carbonyl (C=O) groups excluding carboxylic acids is 1. The molecule has 0 fully saturated rings. The molecule has 0 saturated carbocycles. The van der Waals surface area contributed by atoms with Gasteiger partial charge in [0.1, 0.15) is 0 Å². The summed E-state index contributed by atoms with van der Waals surface area (Å²) in [4.78, 5) is 13.9. The molecule has 1 aliphatic heterocycles. The first-order valence-electron chi connectivity index (χ1n) is 6.39. The maximum atomic E-state index is 12.2. The number of halogens is 1. The summed E-state index contributed by atoms with van der Waals surface area (Å²) in [6.07, 6.45) is 0.776. The molecule has 3 rings (SSSR count). The zero-order valence-corrected chi connectivity index (χ0v) is 11.8. The third-order valence-electron chi connectivity index (χ3n) is 3.41. The predicted molar refractivity (Wildman–Crippen MR) is 75.8 cm³/mol. The summed E-state index contributed by atoms with van der Waals surface area (Å²) in [5, 5.41) is 7.42. The van der Waals surface area contributed by atoms with Crippen LogP contribution in [0.2, 0.25) is 5.02 Å². The second-order valence-electron chi connectivity index (χ2n) is 4.78. The molecule has 5 nitrogen and oxygen atoms in total. The average Bonchev–Trinajstić information content (AvgIpc) is 2.82. The van der Waals surface area contributed by atoms with Crippen molar-refractivity contribution in [3.63, 3.8) is 0 Å². The van der Waals surface area contributed by atoms with Crippen molar-refractivity contribution in [3.05, 3.63) is 46.3 Å². The Kier molecular flexibility index (Phi) is 3.36. The molecule has 1 N–H and O–H groups in total. The first kappa shape index (κ1) is 13.0. The lowest BCUT2D eigenvalue weighted by molar-refractivity contribution is 0.196. The zero-order valence-electron chi connectivity index (χ0n) is 11.0. The first-order valence-corrected chi connectivity index (χ1v) is 6.77. The molecule has 104 valence electrons. The van der Waals surface area contributed by atoms with Gasteiger partial charge in [-0.1, -0.05) is 16.8 Å². The fraction of sp³-hybridized carbons (Fsp3) is 0.286. The lowest BCUT2D eigenvalue weighted by Crippen LogP contribution is -2.38. The van der Waals surface area contributed by atoms with Crippen LogP contribution in [0, 0.1) is 6.92 Å². The average molecular weight is 292 g/mol. The molecule has 0 aliphatic carbocycles. The van der Waals surface area contributed by atoms with E-state index in [2.05, 4.69) is 10.5 Å². The normalized spacial score (nSPS) is 14.0. The van der Waals surface area contributed by atoms with Crippen LogP contribution in [-0.2, 0) is 13.0 Å². The van der Waals surface area contributed by atoms with E-state index in [1.165, 1.54) is 0 Å². The Morgan fingerprint density at radius 3 is 2.90 bits per heavy atom. The van der Waals surface area contributed by atoms with Gasteiger partial charge < -0.3 is 14.7 Å². The van der Waals surface area contributed by atoms with Crippen molar-refractivity contribution in [2.45, 2.75) is 19.9 Å². The Morgan fingerprint density at radius 1 is 1.40 bits per heavy atom. The molecule has 0 bridgehead atoms. The predicted octanol–water partition coefficient (Wildman–Crippen LogP) is 3.23. The Morgan fingerprint density at radius 2 is 2.15 bits per heavy atom. The van der Waals surface area contributed by atoms with Crippen LogP contribution < -0.4 is 5.32 Å². The number of urea groups is 1. The molecule has 0 radical (unpaired) electrons. The highest BCUT2D eigenvalue weighted by Crippen LogP contribution is 2.22. The van der Waals surface area contributed by atoms with Crippen molar-refractivity contribution >= 4 is 23.3 Å². The summed E-state index contributed by atoms with van der Waals surface area (Å²) < 4.78 is 5.24. The Hall–Kier alpha value is -2.01. The number of nitrogens with one attached hydrogen (secondary N) is 1. The van der Waals surface area contributed by atoms with Gasteiger partial charge in [0.15, 0.2) is 5.76 Å². The molecular formula is C14H14ClN3O2. The molecule has 0 unspecified atom stereocenters. The topological polar surface area (TPSA) is 58.4 Å². The van der Waals surface area contributed by atoms with Crippen LogP contribution in [0.15, 0.2) is 28.8 Å². The molecule has 2 aromatic rings. The summed E-state index contributed by atoms with van der Waals surface area (Å²) in [6.45, 7) is 3.04. The van der Waals surface area contributed by atoms with E-state index in [1.807, 2.05) is 6.92 Å². The van der Waals surface area contributed by atoms with E-state index in [1.54, 1.807) is 29.2 Å². The Bertz CT molecular complexity index is 636. The van der Waals surface area contributed by atoms with Gasteiger partial charge in [-0.2, -0.15) is 0 Å². The summed E-state index contributed by atoms with van der Waals surface area (Å²) >= 11 is 5.81. The minimum atomic E-state index is -0.146. The number of hydrogen-bond acceptors (Lipinski definition) is 3. The number of anilines is 1. The lowest BCUT2D eigenvalue weighted by atomic mass is 10.1. The molecule has 2 heterocycles. The molecule has 1 aromatic heterocycles. The summed E-state index contributed by atoms with van der Waals surface area (Å²) in [6, 6.07) is 6.88. The molecule has 0 atom stereocenters. The smallest absolute Gasteiger partial charge is 0.322 e. The van der Waals surface area contributed by atoms with E-state index in [0.717, 1.165) is 29.1 Å². The number of carbonyl (C=O) groups is 1. The van der Waals surface area contributed by atoms with Crippen molar-refractivity contribution in [3.8, 4) is 0 Å². The number of nitrogens with zero attached hydrogens (tertiary/aromatic N) is 2. The van der Waals surface area contributed by atoms with E-state index in [9.17, 15) is 4.79 Å². The molecule has 6 heteroatoms. The van der Waals surface area contributed by atoms with Gasteiger partial charge in [-0.05, 0) is 37.6 Å². The third kappa shape index (κ3) is 2.49. The highest BCUT2D eigenvalue weighted by Gasteiger charge is 2.25. The van der Waals surface area contributed by atoms with Gasteiger partial charge in [0, 0.05) is 22.8 Å². The van der Waals surface area contributed by atoms with E-state index in [-0.39, 0.29) is 6.03 Å². The maximum absolute atomic E-state index is 12.2. The van der Waals surface area contributed by atoms with Crippen LogP contribution in [0.1, 0.15) is 17.0 Å². The van der Waals surface area contributed by atoms with Crippen LogP contribution in [0.4, 0.5) is 10.5 Å². The first-order chi connectivity index (χ1) is 9.63. The number of aromatic nitrogens is 1. The zero-order chi connectivity index (χ0) is 14.1. The molecule has 1 aliphatic rings. The minimum absolute atomic E-state index is 0.146. The quantitative estimate of drug-likeness (QED) is 0.877. The number of fused-ring (bicyclic) bond motifs is 1. The molecule has 20 heavy (non-hydrogen) atoms. The van der Waals surface area contributed by atoms with Gasteiger partial charge in [-0.15, -0.1) is 0 Å². The Labute approximate surface area is 121 Å². The van der Waals surface area contributed by atoms with E-state index in [4.69, 9.17) is 16.1 Å². The lowest BCUT2D eigenvalue weighted by Gasteiger charge is -2.25. The second-order valence-corrected chi connectivity index (χ2v) is 5.21. The number of rotatable bonds is 1. The largest absolute Gasteiger partial charge is 0.359 e. The van der Waals surface area contributed by atoms with Crippen LogP contribution in [0.5, 0.6) is 0 Å². The molecular weight excluding hydrogens is 278 g/mol. The number of hydrogen-bond donors (Lipinski definition) is 1. The third-order valence-corrected chi connectivity index (χ3v) is 3.67. The number of aryl methyl sites for hydroxylation is 1.